The highest BCUT2D eigenvalue weighted by Crippen LogP contribution is 2.45. The molecule has 90 heavy (non-hydrogen) atoms. The van der Waals surface area contributed by atoms with Crippen molar-refractivity contribution in [2.45, 2.75) is 369 Å². The van der Waals surface area contributed by atoms with Crippen molar-refractivity contribution in [1.29, 1.82) is 0 Å². The Hall–Kier alpha value is -1.94. The standard InChI is InChI=1S/C71H138O17P2/c1-9-63(7)49-41-33-25-21-22-28-38-46-54-71(76)88-67(58-82-69(74)52-44-36-30-29-34-42-50-64(8)10-2)60-86-90(79,80)84-56-65(72)55-83-89(77,78)85-59-66(87-70(75)53-45-37-27-20-16-18-24-32-40-48-62(5)6)57-81-68(73)51-43-35-26-19-15-13-11-12-14-17-23-31-39-47-61(3)4/h61-67,72H,9-60H2,1-8H3,(H,77,78)(H,79,80)/t63?,64?,65-,66-,67-/m1/s1. The van der Waals surface area contributed by atoms with Crippen LogP contribution >= 0.6 is 15.6 Å². The molecule has 7 atom stereocenters. The first-order valence-electron chi connectivity index (χ1n) is 36.8. The molecule has 0 aromatic rings. The number of carbonyl (C=O) groups excluding carboxylic acids is 4. The van der Waals surface area contributed by atoms with Gasteiger partial charge < -0.3 is 33.8 Å². The lowest BCUT2D eigenvalue weighted by Crippen LogP contribution is -2.30. The molecule has 0 amide bonds. The predicted octanol–water partition coefficient (Wildman–Crippen LogP) is 20.1. The van der Waals surface area contributed by atoms with Gasteiger partial charge in [-0.05, 0) is 49.4 Å². The van der Waals surface area contributed by atoms with Gasteiger partial charge in [-0.25, -0.2) is 9.13 Å². The zero-order valence-electron chi connectivity index (χ0n) is 58.8. The fraction of sp³-hybridized carbons (Fsp3) is 0.944. The second-order valence-corrected chi connectivity index (χ2v) is 30.0. The number of aliphatic hydroxyl groups excluding tert-OH is 1. The van der Waals surface area contributed by atoms with Gasteiger partial charge in [0.25, 0.3) is 0 Å². The largest absolute Gasteiger partial charge is 0.472 e. The van der Waals surface area contributed by atoms with Gasteiger partial charge in [0.2, 0.25) is 0 Å². The average molecular weight is 1330 g/mol. The lowest BCUT2D eigenvalue weighted by molar-refractivity contribution is -0.161. The molecule has 0 aliphatic carbocycles. The van der Waals surface area contributed by atoms with E-state index in [0.717, 1.165) is 120 Å². The zero-order valence-corrected chi connectivity index (χ0v) is 60.6. The van der Waals surface area contributed by atoms with Crippen LogP contribution < -0.4 is 0 Å². The van der Waals surface area contributed by atoms with Gasteiger partial charge in [-0.2, -0.15) is 0 Å². The topological polar surface area (TPSA) is 237 Å². The van der Waals surface area contributed by atoms with Crippen molar-refractivity contribution in [2.75, 3.05) is 39.6 Å². The van der Waals surface area contributed by atoms with Crippen LogP contribution in [0.4, 0.5) is 0 Å². The molecule has 0 aliphatic heterocycles. The second-order valence-electron chi connectivity index (χ2n) is 27.1. The molecule has 0 radical (unpaired) electrons. The van der Waals surface area contributed by atoms with Gasteiger partial charge in [-0.1, -0.05) is 299 Å². The quantitative estimate of drug-likeness (QED) is 0.0222. The highest BCUT2D eigenvalue weighted by molar-refractivity contribution is 7.47. The molecule has 3 N–H and O–H groups in total. The van der Waals surface area contributed by atoms with Crippen LogP contribution in [0.3, 0.4) is 0 Å². The van der Waals surface area contributed by atoms with Crippen molar-refractivity contribution in [3.8, 4) is 0 Å². The first-order valence-corrected chi connectivity index (χ1v) is 39.8. The molecule has 0 rings (SSSR count). The molecule has 0 aromatic heterocycles. The molecule has 0 saturated carbocycles. The normalized spacial score (nSPS) is 14.9. The zero-order chi connectivity index (χ0) is 66.8. The van der Waals surface area contributed by atoms with Crippen LogP contribution in [0, 0.1) is 23.7 Å². The fourth-order valence-electron chi connectivity index (χ4n) is 10.6. The lowest BCUT2D eigenvalue weighted by atomic mass is 9.99. The number of carbonyl (C=O) groups is 4. The molecule has 0 bridgehead atoms. The molecule has 0 saturated heterocycles. The third-order valence-electron chi connectivity index (χ3n) is 17.0. The summed E-state index contributed by atoms with van der Waals surface area (Å²) in [4.78, 5) is 72.6. The minimum Gasteiger partial charge on any atom is -0.462 e. The van der Waals surface area contributed by atoms with Crippen molar-refractivity contribution in [1.82, 2.24) is 0 Å². The van der Waals surface area contributed by atoms with Gasteiger partial charge in [0.05, 0.1) is 26.4 Å². The SMILES string of the molecule is CCC(C)CCCCCCCCCCC(=O)O[C@H](COC(=O)CCCCCCCCC(C)CC)COP(=O)(O)OC[C@H](O)COP(=O)(O)OC[C@@H](COC(=O)CCCCCCCCCCCCCCCC(C)C)OC(=O)CCCCCCCCCCCC(C)C. The highest BCUT2D eigenvalue weighted by Gasteiger charge is 2.30. The van der Waals surface area contributed by atoms with Gasteiger partial charge in [-0.3, -0.25) is 37.3 Å². The first kappa shape index (κ1) is 88.1. The van der Waals surface area contributed by atoms with Crippen LogP contribution in [0.5, 0.6) is 0 Å². The maximum absolute atomic E-state index is 13.0. The third kappa shape index (κ3) is 62.2. The minimum atomic E-state index is -4.95. The smallest absolute Gasteiger partial charge is 0.462 e. The molecule has 4 unspecified atom stereocenters. The third-order valence-corrected chi connectivity index (χ3v) is 18.9. The maximum atomic E-state index is 13.0. The number of phosphoric acid groups is 2. The minimum absolute atomic E-state index is 0.104. The van der Waals surface area contributed by atoms with E-state index in [-0.39, 0.29) is 25.7 Å². The molecule has 534 valence electrons. The van der Waals surface area contributed by atoms with E-state index >= 15 is 0 Å². The van der Waals surface area contributed by atoms with Crippen LogP contribution in [0.1, 0.15) is 351 Å². The molecule has 17 nitrogen and oxygen atoms in total. The number of aliphatic hydroxyl groups is 1. The number of rotatable bonds is 68. The van der Waals surface area contributed by atoms with Crippen LogP contribution in [0.2, 0.25) is 0 Å². The summed E-state index contributed by atoms with van der Waals surface area (Å²) in [6.45, 7) is 14.1. The molecule has 0 fully saturated rings. The summed E-state index contributed by atoms with van der Waals surface area (Å²) in [6.07, 6.45) is 43.0. The Morgan fingerprint density at radius 1 is 0.311 bits per heavy atom. The Morgan fingerprint density at radius 2 is 0.533 bits per heavy atom. The molecule has 0 aromatic carbocycles. The van der Waals surface area contributed by atoms with Crippen molar-refractivity contribution in [2.24, 2.45) is 23.7 Å². The number of unbranched alkanes of at least 4 members (excludes halogenated alkanes) is 32. The van der Waals surface area contributed by atoms with E-state index in [9.17, 15) is 43.2 Å². The lowest BCUT2D eigenvalue weighted by Gasteiger charge is -2.21. The summed E-state index contributed by atoms with van der Waals surface area (Å²) >= 11 is 0. The average Bonchev–Trinajstić information content (AvgIpc) is 3.47. The Kier molecular flexibility index (Phi) is 59.4. The van der Waals surface area contributed by atoms with Crippen molar-refractivity contribution >= 4 is 39.5 Å². The van der Waals surface area contributed by atoms with Gasteiger partial charge in [0, 0.05) is 25.7 Å². The number of ether oxygens (including phenoxy) is 4. The number of esters is 4. The maximum Gasteiger partial charge on any atom is 0.472 e. The van der Waals surface area contributed by atoms with Gasteiger partial charge in [-0.15, -0.1) is 0 Å². The van der Waals surface area contributed by atoms with Crippen LogP contribution in [0.15, 0.2) is 0 Å². The van der Waals surface area contributed by atoms with E-state index in [1.54, 1.807) is 0 Å². The van der Waals surface area contributed by atoms with E-state index in [4.69, 9.17) is 37.0 Å². The van der Waals surface area contributed by atoms with Gasteiger partial charge >= 0.3 is 39.5 Å². The predicted molar refractivity (Wildman–Crippen MR) is 363 cm³/mol. The van der Waals surface area contributed by atoms with E-state index in [2.05, 4.69) is 55.4 Å². The molecule has 19 heteroatoms. The number of hydrogen-bond donors (Lipinski definition) is 3. The summed E-state index contributed by atoms with van der Waals surface area (Å²) in [5, 5.41) is 10.6. The number of phosphoric ester groups is 2. The first-order chi connectivity index (χ1) is 43.2. The summed E-state index contributed by atoms with van der Waals surface area (Å²) in [6, 6.07) is 0. The Labute approximate surface area is 549 Å². The van der Waals surface area contributed by atoms with Crippen molar-refractivity contribution < 1.29 is 80.2 Å². The van der Waals surface area contributed by atoms with E-state index in [1.165, 1.54) is 148 Å². The Morgan fingerprint density at radius 3 is 0.789 bits per heavy atom. The molecule has 0 aliphatic rings. The van der Waals surface area contributed by atoms with Crippen molar-refractivity contribution in [3.05, 3.63) is 0 Å². The molecule has 0 spiro atoms. The monoisotopic (exact) mass is 1320 g/mol. The highest BCUT2D eigenvalue weighted by atomic mass is 31.2. The number of hydrogen-bond acceptors (Lipinski definition) is 15. The molecular weight excluding hydrogens is 1190 g/mol. The van der Waals surface area contributed by atoms with E-state index < -0.39 is 97.5 Å². The summed E-state index contributed by atoms with van der Waals surface area (Å²) in [5.74, 6) is 0.898. The van der Waals surface area contributed by atoms with Gasteiger partial charge in [0.1, 0.15) is 19.3 Å². The second kappa shape index (κ2) is 60.7. The van der Waals surface area contributed by atoms with Crippen LogP contribution in [-0.4, -0.2) is 96.7 Å². The molecule has 0 heterocycles. The van der Waals surface area contributed by atoms with Crippen molar-refractivity contribution in [3.63, 3.8) is 0 Å². The van der Waals surface area contributed by atoms with Crippen LogP contribution in [0.25, 0.3) is 0 Å². The summed E-state index contributed by atoms with van der Waals surface area (Å²) in [7, 11) is -9.90. The Balaban J connectivity index is 5.25. The summed E-state index contributed by atoms with van der Waals surface area (Å²) in [5.41, 5.74) is 0. The van der Waals surface area contributed by atoms with Gasteiger partial charge in [0.15, 0.2) is 12.2 Å². The Bertz CT molecular complexity index is 1790. The van der Waals surface area contributed by atoms with E-state index in [1.807, 2.05) is 0 Å². The fourth-order valence-corrected chi connectivity index (χ4v) is 12.2. The van der Waals surface area contributed by atoms with Crippen LogP contribution in [-0.2, 0) is 65.4 Å². The van der Waals surface area contributed by atoms with E-state index in [0.29, 0.717) is 25.7 Å². The molecular formula is C71H138O17P2. The summed E-state index contributed by atoms with van der Waals surface area (Å²) < 4.78 is 68.3.